The topological polar surface area (TPSA) is 75.7 Å². The van der Waals surface area contributed by atoms with Crippen LogP contribution < -0.4 is 5.32 Å². The van der Waals surface area contributed by atoms with Gasteiger partial charge in [-0.25, -0.2) is 4.79 Å². The van der Waals surface area contributed by atoms with Gasteiger partial charge in [-0.2, -0.15) is 13.2 Å². The standard InChI is InChI=1S/C32H43F3N2O4/c1-3-5-6-7-8-9-10-11-12-13-22-36-29(38)27-18-14-25(15-19-27)23-37(30(39)31(40)41-4-2)24-26-16-20-28(21-17-26)32(33,34)35/h14-21H,3-13,22-24H2,1-2H3,(H,36,38). The van der Waals surface area contributed by atoms with E-state index in [9.17, 15) is 27.6 Å². The van der Waals surface area contributed by atoms with Crippen LogP contribution >= 0.6 is 0 Å². The molecular weight excluding hydrogens is 533 g/mol. The minimum Gasteiger partial charge on any atom is -0.459 e. The Morgan fingerprint density at radius 2 is 1.22 bits per heavy atom. The van der Waals surface area contributed by atoms with Gasteiger partial charge in [-0.05, 0) is 48.7 Å². The number of esters is 1. The number of hydrogen-bond donors (Lipinski definition) is 1. The highest BCUT2D eigenvalue weighted by Gasteiger charge is 2.30. The van der Waals surface area contributed by atoms with E-state index in [0.29, 0.717) is 23.2 Å². The van der Waals surface area contributed by atoms with E-state index in [1.165, 1.54) is 68.4 Å². The summed E-state index contributed by atoms with van der Waals surface area (Å²) in [6.45, 7) is 4.34. The van der Waals surface area contributed by atoms with E-state index < -0.39 is 23.6 Å². The largest absolute Gasteiger partial charge is 0.459 e. The van der Waals surface area contributed by atoms with Crippen LogP contribution in [-0.4, -0.2) is 35.8 Å². The lowest BCUT2D eigenvalue weighted by Crippen LogP contribution is -2.36. The van der Waals surface area contributed by atoms with Crippen molar-refractivity contribution >= 4 is 17.8 Å². The van der Waals surface area contributed by atoms with Gasteiger partial charge in [-0.15, -0.1) is 0 Å². The number of carbonyl (C=O) groups excluding carboxylic acids is 3. The van der Waals surface area contributed by atoms with Crippen molar-refractivity contribution in [3.63, 3.8) is 0 Å². The summed E-state index contributed by atoms with van der Waals surface area (Å²) < 4.78 is 43.6. The molecule has 0 aliphatic heterocycles. The van der Waals surface area contributed by atoms with Gasteiger partial charge in [0.2, 0.25) is 0 Å². The van der Waals surface area contributed by atoms with Crippen molar-refractivity contribution in [1.29, 1.82) is 0 Å². The fraction of sp³-hybridized carbons (Fsp3) is 0.531. The molecule has 0 aliphatic rings. The molecule has 41 heavy (non-hydrogen) atoms. The quantitative estimate of drug-likeness (QED) is 0.121. The summed E-state index contributed by atoms with van der Waals surface area (Å²) >= 11 is 0. The van der Waals surface area contributed by atoms with Gasteiger partial charge >= 0.3 is 18.1 Å². The van der Waals surface area contributed by atoms with Crippen LogP contribution in [-0.2, 0) is 33.6 Å². The number of halogens is 3. The van der Waals surface area contributed by atoms with Crippen molar-refractivity contribution in [1.82, 2.24) is 10.2 Å². The first-order valence-corrected chi connectivity index (χ1v) is 14.6. The Morgan fingerprint density at radius 3 is 1.71 bits per heavy atom. The number of nitrogens with zero attached hydrogens (tertiary/aromatic N) is 1. The number of unbranched alkanes of at least 4 members (excludes halogenated alkanes) is 9. The predicted octanol–water partition coefficient (Wildman–Crippen LogP) is 7.45. The lowest BCUT2D eigenvalue weighted by atomic mass is 10.1. The third-order valence-corrected chi connectivity index (χ3v) is 6.80. The molecule has 0 radical (unpaired) electrons. The Labute approximate surface area is 241 Å². The number of amides is 2. The molecule has 0 saturated carbocycles. The Hall–Kier alpha value is -3.36. The first-order chi connectivity index (χ1) is 19.7. The van der Waals surface area contributed by atoms with Gasteiger partial charge in [0.1, 0.15) is 0 Å². The second-order valence-corrected chi connectivity index (χ2v) is 10.2. The molecule has 9 heteroatoms. The van der Waals surface area contributed by atoms with Crippen molar-refractivity contribution in [3.8, 4) is 0 Å². The predicted molar refractivity (Wildman–Crippen MR) is 153 cm³/mol. The van der Waals surface area contributed by atoms with E-state index >= 15 is 0 Å². The molecule has 2 amide bonds. The van der Waals surface area contributed by atoms with Gasteiger partial charge in [0.25, 0.3) is 5.91 Å². The van der Waals surface area contributed by atoms with Crippen LogP contribution in [0.4, 0.5) is 13.2 Å². The summed E-state index contributed by atoms with van der Waals surface area (Å²) in [5, 5.41) is 2.93. The van der Waals surface area contributed by atoms with Crippen LogP contribution in [0.15, 0.2) is 48.5 Å². The smallest absolute Gasteiger partial charge is 0.416 e. The van der Waals surface area contributed by atoms with E-state index in [1.807, 2.05) is 0 Å². The molecule has 0 saturated heterocycles. The first-order valence-electron chi connectivity index (χ1n) is 14.6. The van der Waals surface area contributed by atoms with E-state index in [4.69, 9.17) is 4.74 Å². The Kier molecular flexibility index (Phi) is 15.0. The van der Waals surface area contributed by atoms with Gasteiger partial charge < -0.3 is 15.0 Å². The SMILES string of the molecule is CCCCCCCCCCCCNC(=O)c1ccc(CN(Cc2ccc(C(F)(F)F)cc2)C(=O)C(=O)OCC)cc1. The Bertz CT molecular complexity index is 1070. The van der Waals surface area contributed by atoms with Crippen LogP contribution in [0.1, 0.15) is 105 Å². The number of rotatable bonds is 17. The highest BCUT2D eigenvalue weighted by molar-refractivity contribution is 6.32. The number of hydrogen-bond acceptors (Lipinski definition) is 4. The van der Waals surface area contributed by atoms with Gasteiger partial charge in [-0.3, -0.25) is 9.59 Å². The number of alkyl halides is 3. The van der Waals surface area contributed by atoms with Crippen molar-refractivity contribution in [2.45, 2.75) is 97.3 Å². The Morgan fingerprint density at radius 1 is 0.732 bits per heavy atom. The maximum atomic E-state index is 12.9. The van der Waals surface area contributed by atoms with E-state index in [2.05, 4.69) is 12.2 Å². The van der Waals surface area contributed by atoms with Crippen LogP contribution in [0.5, 0.6) is 0 Å². The second-order valence-electron chi connectivity index (χ2n) is 10.2. The molecular formula is C32H43F3N2O4. The average Bonchev–Trinajstić information content (AvgIpc) is 2.95. The first kappa shape index (κ1) is 33.8. The summed E-state index contributed by atoms with van der Waals surface area (Å²) in [6, 6.07) is 11.1. The average molecular weight is 577 g/mol. The number of nitrogens with one attached hydrogen (secondary N) is 1. The summed E-state index contributed by atoms with van der Waals surface area (Å²) in [7, 11) is 0. The lowest BCUT2D eigenvalue weighted by Gasteiger charge is -2.22. The fourth-order valence-corrected chi connectivity index (χ4v) is 4.44. The monoisotopic (exact) mass is 576 g/mol. The minimum absolute atomic E-state index is 0.0131. The van der Waals surface area contributed by atoms with E-state index in [0.717, 1.165) is 25.0 Å². The molecule has 0 spiro atoms. The molecule has 0 heterocycles. The molecule has 0 aliphatic carbocycles. The van der Waals surface area contributed by atoms with Gasteiger partial charge in [0, 0.05) is 25.2 Å². The van der Waals surface area contributed by atoms with Gasteiger partial charge in [-0.1, -0.05) is 89.0 Å². The summed E-state index contributed by atoms with van der Waals surface area (Å²) in [4.78, 5) is 38.6. The molecule has 6 nitrogen and oxygen atoms in total. The van der Waals surface area contributed by atoms with Crippen LogP contribution in [0.2, 0.25) is 0 Å². The second kappa shape index (κ2) is 18.1. The lowest BCUT2D eigenvalue weighted by molar-refractivity contribution is -0.160. The summed E-state index contributed by atoms with van der Waals surface area (Å²) in [5.41, 5.74) is 0.762. The van der Waals surface area contributed by atoms with E-state index in [-0.39, 0.29) is 25.6 Å². The van der Waals surface area contributed by atoms with Crippen molar-refractivity contribution in [2.24, 2.45) is 0 Å². The zero-order chi connectivity index (χ0) is 30.1. The molecule has 0 unspecified atom stereocenters. The number of benzene rings is 2. The number of ether oxygens (including phenoxy) is 1. The highest BCUT2D eigenvalue weighted by Crippen LogP contribution is 2.29. The molecule has 226 valence electrons. The molecule has 0 aromatic heterocycles. The number of carbonyl (C=O) groups is 3. The normalized spacial score (nSPS) is 11.2. The van der Waals surface area contributed by atoms with Gasteiger partial charge in [0.05, 0.1) is 12.2 Å². The van der Waals surface area contributed by atoms with Crippen LogP contribution in [0.25, 0.3) is 0 Å². The maximum Gasteiger partial charge on any atom is 0.416 e. The molecule has 0 atom stereocenters. The van der Waals surface area contributed by atoms with Crippen LogP contribution in [0.3, 0.4) is 0 Å². The molecule has 2 aromatic carbocycles. The van der Waals surface area contributed by atoms with Crippen molar-refractivity contribution < 1.29 is 32.3 Å². The zero-order valence-electron chi connectivity index (χ0n) is 24.2. The van der Waals surface area contributed by atoms with Crippen LogP contribution in [0, 0.1) is 0 Å². The third-order valence-electron chi connectivity index (χ3n) is 6.80. The van der Waals surface area contributed by atoms with E-state index in [1.54, 1.807) is 31.2 Å². The van der Waals surface area contributed by atoms with Crippen molar-refractivity contribution in [3.05, 3.63) is 70.8 Å². The zero-order valence-corrected chi connectivity index (χ0v) is 24.2. The summed E-state index contributed by atoms with van der Waals surface area (Å²) in [5.74, 6) is -2.12. The molecule has 0 bridgehead atoms. The highest BCUT2D eigenvalue weighted by atomic mass is 19.4. The Balaban J connectivity index is 1.87. The molecule has 0 fully saturated rings. The minimum atomic E-state index is -4.47. The fourth-order valence-electron chi connectivity index (χ4n) is 4.44. The molecule has 1 N–H and O–H groups in total. The molecule has 2 aromatic rings. The third kappa shape index (κ3) is 12.8. The van der Waals surface area contributed by atoms with Crippen molar-refractivity contribution in [2.75, 3.05) is 13.2 Å². The summed E-state index contributed by atoms with van der Waals surface area (Å²) in [6.07, 6.45) is 7.75. The van der Waals surface area contributed by atoms with Gasteiger partial charge in [0.15, 0.2) is 0 Å². The maximum absolute atomic E-state index is 12.9. The molecule has 2 rings (SSSR count).